The maximum atomic E-state index is 10.5. The number of likely N-dealkylation sites (N-methyl/N-ethyl adjacent to an activating group) is 1. The Morgan fingerprint density at radius 3 is 2.65 bits per heavy atom. The van der Waals surface area contributed by atoms with Gasteiger partial charge in [0.15, 0.2) is 5.84 Å². The van der Waals surface area contributed by atoms with Gasteiger partial charge in [-0.15, -0.1) is 0 Å². The molecular weight excluding hydrogens is 254 g/mol. The van der Waals surface area contributed by atoms with Gasteiger partial charge < -0.3 is 20.9 Å². The van der Waals surface area contributed by atoms with Crippen molar-refractivity contribution in [2.75, 3.05) is 18.5 Å². The van der Waals surface area contributed by atoms with Crippen molar-refractivity contribution in [3.05, 3.63) is 29.3 Å². The van der Waals surface area contributed by atoms with Gasteiger partial charge in [-0.25, -0.2) is 0 Å². The summed E-state index contributed by atoms with van der Waals surface area (Å²) in [6.07, 6.45) is 3.82. The lowest BCUT2D eigenvalue weighted by Gasteiger charge is -2.31. The van der Waals surface area contributed by atoms with Gasteiger partial charge in [0.05, 0.1) is 5.60 Å². The Bertz CT molecular complexity index is 508. The van der Waals surface area contributed by atoms with Crippen LogP contribution in [0.5, 0.6) is 0 Å². The fourth-order valence-electron chi connectivity index (χ4n) is 2.95. The Morgan fingerprint density at radius 1 is 1.40 bits per heavy atom. The van der Waals surface area contributed by atoms with Gasteiger partial charge in [-0.3, -0.25) is 0 Å². The first-order chi connectivity index (χ1) is 9.45. The maximum absolute atomic E-state index is 10.5. The maximum Gasteiger partial charge on any atom is 0.172 e. The summed E-state index contributed by atoms with van der Waals surface area (Å²) in [5.74, 6) is 0.0882. The highest BCUT2D eigenvalue weighted by Crippen LogP contribution is 2.32. The van der Waals surface area contributed by atoms with Crippen LogP contribution < -0.4 is 10.6 Å². The highest BCUT2D eigenvalue weighted by molar-refractivity contribution is 6.02. The average Bonchev–Trinajstić information content (AvgIpc) is 2.84. The molecule has 0 bridgehead atoms. The third kappa shape index (κ3) is 3.04. The third-order valence-corrected chi connectivity index (χ3v) is 4.01. The Kier molecular flexibility index (Phi) is 4.18. The Balaban J connectivity index is 2.28. The Hall–Kier alpha value is -1.75. The number of amidine groups is 1. The summed E-state index contributed by atoms with van der Waals surface area (Å²) in [6, 6.07) is 5.76. The molecule has 4 N–H and O–H groups in total. The number of aliphatic hydroxyl groups is 1. The standard InChI is InChI=1S/C15H23N3O2/c1-11-5-6-12(14(16)17-20)13(9-11)18(2)10-15(19)7-3-4-8-15/h5-6,9,19-20H,3-4,7-8,10H2,1-2H3,(H2,16,17). The van der Waals surface area contributed by atoms with E-state index < -0.39 is 5.60 Å². The number of rotatable bonds is 4. The molecular formula is C15H23N3O2. The van der Waals surface area contributed by atoms with Crippen LogP contribution in [-0.2, 0) is 0 Å². The van der Waals surface area contributed by atoms with Gasteiger partial charge in [-0.05, 0) is 37.5 Å². The quantitative estimate of drug-likeness (QED) is 0.339. The average molecular weight is 277 g/mol. The first-order valence-corrected chi connectivity index (χ1v) is 6.97. The molecule has 1 aromatic carbocycles. The van der Waals surface area contributed by atoms with Crippen molar-refractivity contribution >= 4 is 11.5 Å². The molecule has 5 heteroatoms. The number of aryl methyl sites for hydroxylation is 1. The summed E-state index contributed by atoms with van der Waals surface area (Å²) < 4.78 is 0. The van der Waals surface area contributed by atoms with Crippen molar-refractivity contribution in [1.82, 2.24) is 0 Å². The van der Waals surface area contributed by atoms with E-state index in [-0.39, 0.29) is 5.84 Å². The predicted octanol–water partition coefficient (Wildman–Crippen LogP) is 1.83. The van der Waals surface area contributed by atoms with Crippen molar-refractivity contribution in [3.63, 3.8) is 0 Å². The van der Waals surface area contributed by atoms with E-state index in [9.17, 15) is 5.11 Å². The van der Waals surface area contributed by atoms with Crippen LogP contribution in [0.25, 0.3) is 0 Å². The highest BCUT2D eigenvalue weighted by Gasteiger charge is 2.32. The first kappa shape index (κ1) is 14.7. The molecule has 0 saturated heterocycles. The summed E-state index contributed by atoms with van der Waals surface area (Å²) in [6.45, 7) is 2.56. The normalized spacial score (nSPS) is 18.2. The van der Waals surface area contributed by atoms with Crippen LogP contribution in [0.3, 0.4) is 0 Å². The number of benzene rings is 1. The van der Waals surface area contributed by atoms with E-state index >= 15 is 0 Å². The Morgan fingerprint density at radius 2 is 2.05 bits per heavy atom. The number of anilines is 1. The van der Waals surface area contributed by atoms with Crippen LogP contribution in [0.1, 0.15) is 36.8 Å². The number of nitrogens with two attached hydrogens (primary N) is 1. The lowest BCUT2D eigenvalue weighted by Crippen LogP contribution is -2.40. The second-order valence-electron chi connectivity index (χ2n) is 5.79. The zero-order valence-corrected chi connectivity index (χ0v) is 12.1. The lowest BCUT2D eigenvalue weighted by molar-refractivity contribution is 0.0559. The Labute approximate surface area is 119 Å². The largest absolute Gasteiger partial charge is 0.409 e. The molecule has 0 radical (unpaired) electrons. The fraction of sp³-hybridized carbons (Fsp3) is 0.533. The van der Waals surface area contributed by atoms with Crippen molar-refractivity contribution in [2.24, 2.45) is 10.9 Å². The number of hydrogen-bond acceptors (Lipinski definition) is 4. The molecule has 1 fully saturated rings. The van der Waals surface area contributed by atoms with Gasteiger partial charge in [0.25, 0.3) is 0 Å². The lowest BCUT2D eigenvalue weighted by atomic mass is 10.0. The number of oxime groups is 1. The van der Waals surface area contributed by atoms with Crippen LogP contribution in [0, 0.1) is 6.92 Å². The summed E-state index contributed by atoms with van der Waals surface area (Å²) in [5.41, 5.74) is 7.77. The van der Waals surface area contributed by atoms with E-state index in [0.717, 1.165) is 36.9 Å². The van der Waals surface area contributed by atoms with E-state index in [1.165, 1.54) is 0 Å². The van der Waals surface area contributed by atoms with Crippen LogP contribution in [0.4, 0.5) is 5.69 Å². The summed E-state index contributed by atoms with van der Waals surface area (Å²) in [7, 11) is 1.93. The minimum absolute atomic E-state index is 0.0882. The minimum atomic E-state index is -0.624. The van der Waals surface area contributed by atoms with Gasteiger partial charge in [-0.2, -0.15) is 0 Å². The zero-order chi connectivity index (χ0) is 14.8. The third-order valence-electron chi connectivity index (χ3n) is 4.01. The second-order valence-corrected chi connectivity index (χ2v) is 5.79. The van der Waals surface area contributed by atoms with E-state index in [0.29, 0.717) is 12.1 Å². The van der Waals surface area contributed by atoms with Crippen LogP contribution in [-0.4, -0.2) is 35.3 Å². The van der Waals surface area contributed by atoms with Crippen molar-refractivity contribution in [1.29, 1.82) is 0 Å². The minimum Gasteiger partial charge on any atom is -0.409 e. The molecule has 1 aromatic rings. The van der Waals surface area contributed by atoms with Gasteiger partial charge >= 0.3 is 0 Å². The molecule has 1 aliphatic rings. The molecule has 1 aliphatic carbocycles. The van der Waals surface area contributed by atoms with Crippen LogP contribution in [0.15, 0.2) is 23.4 Å². The predicted molar refractivity (Wildman–Crippen MR) is 80.4 cm³/mol. The monoisotopic (exact) mass is 277 g/mol. The molecule has 2 rings (SSSR count). The smallest absolute Gasteiger partial charge is 0.172 e. The van der Waals surface area contributed by atoms with Gasteiger partial charge in [0.1, 0.15) is 0 Å². The molecule has 1 saturated carbocycles. The number of nitrogens with zero attached hydrogens (tertiary/aromatic N) is 2. The first-order valence-electron chi connectivity index (χ1n) is 6.97. The molecule has 0 aromatic heterocycles. The fourth-order valence-corrected chi connectivity index (χ4v) is 2.95. The summed E-state index contributed by atoms with van der Waals surface area (Å²) >= 11 is 0. The van der Waals surface area contributed by atoms with E-state index in [2.05, 4.69) is 5.16 Å². The molecule has 0 spiro atoms. The summed E-state index contributed by atoms with van der Waals surface area (Å²) in [4.78, 5) is 1.99. The summed E-state index contributed by atoms with van der Waals surface area (Å²) in [5, 5.41) is 22.5. The molecule has 0 atom stereocenters. The van der Waals surface area contributed by atoms with E-state index in [1.807, 2.05) is 37.1 Å². The molecule has 20 heavy (non-hydrogen) atoms. The molecule has 5 nitrogen and oxygen atoms in total. The van der Waals surface area contributed by atoms with E-state index in [4.69, 9.17) is 10.9 Å². The zero-order valence-electron chi connectivity index (χ0n) is 12.1. The van der Waals surface area contributed by atoms with E-state index in [1.54, 1.807) is 0 Å². The van der Waals surface area contributed by atoms with Crippen molar-refractivity contribution < 1.29 is 10.3 Å². The second kappa shape index (κ2) is 5.71. The SMILES string of the molecule is Cc1ccc(/C(N)=N/O)c(N(C)CC2(O)CCCC2)c1. The van der Waals surface area contributed by atoms with Gasteiger partial charge in [-0.1, -0.05) is 24.1 Å². The molecule has 0 heterocycles. The van der Waals surface area contributed by atoms with Crippen molar-refractivity contribution in [3.8, 4) is 0 Å². The van der Waals surface area contributed by atoms with Crippen molar-refractivity contribution in [2.45, 2.75) is 38.2 Å². The van der Waals surface area contributed by atoms with Gasteiger partial charge in [0, 0.05) is 24.8 Å². The molecule has 0 aliphatic heterocycles. The highest BCUT2D eigenvalue weighted by atomic mass is 16.4. The topological polar surface area (TPSA) is 82.1 Å². The van der Waals surface area contributed by atoms with Crippen LogP contribution >= 0.6 is 0 Å². The number of hydrogen-bond donors (Lipinski definition) is 3. The molecule has 0 amide bonds. The van der Waals surface area contributed by atoms with Crippen LogP contribution in [0.2, 0.25) is 0 Å². The molecule has 0 unspecified atom stereocenters. The molecule has 110 valence electrons. The van der Waals surface area contributed by atoms with Gasteiger partial charge in [0.2, 0.25) is 0 Å².